The molecule has 31 heavy (non-hydrogen) atoms. The van der Waals surface area contributed by atoms with Crippen molar-refractivity contribution in [3.63, 3.8) is 0 Å². The highest BCUT2D eigenvalue weighted by molar-refractivity contribution is 5.08. The maximum atomic E-state index is 12.4. The summed E-state index contributed by atoms with van der Waals surface area (Å²) >= 11 is 0. The number of hydrogen-bond donors (Lipinski definition) is 0. The summed E-state index contributed by atoms with van der Waals surface area (Å²) in [6.07, 6.45) is 25.1. The van der Waals surface area contributed by atoms with Crippen LogP contribution < -0.4 is 0 Å². The van der Waals surface area contributed by atoms with Gasteiger partial charge in [0.05, 0.1) is 0 Å². The lowest BCUT2D eigenvalue weighted by Crippen LogP contribution is -1.83. The van der Waals surface area contributed by atoms with Crippen molar-refractivity contribution in [3.05, 3.63) is 69.9 Å². The third-order valence-electron chi connectivity index (χ3n) is 5.55. The minimum Gasteiger partial charge on any atom is -0.246 e. The summed E-state index contributed by atoms with van der Waals surface area (Å²) in [6, 6.07) is 0. The monoisotopic (exact) mass is 428 g/mol. The summed E-state index contributed by atoms with van der Waals surface area (Å²) in [5.74, 6) is 0. The Bertz CT molecular complexity index is 661. The average Bonchev–Trinajstić information content (AvgIpc) is 2.70. The Balaban J connectivity index is 4.07. The number of rotatable bonds is 16. The van der Waals surface area contributed by atoms with Crippen LogP contribution in [-0.4, -0.2) is 6.67 Å². The summed E-state index contributed by atoms with van der Waals surface area (Å²) in [5, 5.41) is 0. The van der Waals surface area contributed by atoms with Crippen molar-refractivity contribution in [2.75, 3.05) is 6.67 Å². The van der Waals surface area contributed by atoms with Crippen LogP contribution in [-0.2, 0) is 0 Å². The van der Waals surface area contributed by atoms with E-state index in [0.29, 0.717) is 0 Å². The number of hydrogen-bond acceptors (Lipinski definition) is 0. The standard InChI is InChI=1S/C30H49F/c1-25(2)14-10-17-28(5)20-11-18-26(3)15-8-9-16-27(4)19-12-21-29(6)22-13-23-30(7)24-31/h14-16,20-21,23H,8-13,17-19,22,24H2,1-7H3/b26-15+,27-16+,28-20+,29-21+,30-23-. The van der Waals surface area contributed by atoms with Gasteiger partial charge in [0.1, 0.15) is 6.67 Å². The Morgan fingerprint density at radius 3 is 1.03 bits per heavy atom. The summed E-state index contributed by atoms with van der Waals surface area (Å²) in [5.41, 5.74) is 8.18. The van der Waals surface area contributed by atoms with Gasteiger partial charge < -0.3 is 0 Å². The summed E-state index contributed by atoms with van der Waals surface area (Å²) < 4.78 is 12.4. The fraction of sp³-hybridized carbons (Fsp3) is 0.600. The van der Waals surface area contributed by atoms with Crippen molar-refractivity contribution >= 4 is 0 Å². The first-order chi connectivity index (χ1) is 14.7. The zero-order valence-corrected chi connectivity index (χ0v) is 21.6. The quantitative estimate of drug-likeness (QED) is 0.169. The van der Waals surface area contributed by atoms with Gasteiger partial charge in [0.25, 0.3) is 0 Å². The van der Waals surface area contributed by atoms with Gasteiger partial charge in [0.15, 0.2) is 0 Å². The second kappa shape index (κ2) is 19.1. The molecule has 0 aromatic heterocycles. The largest absolute Gasteiger partial charge is 0.246 e. The maximum Gasteiger partial charge on any atom is 0.110 e. The highest BCUT2D eigenvalue weighted by Gasteiger charge is 1.94. The molecule has 0 N–H and O–H groups in total. The summed E-state index contributed by atoms with van der Waals surface area (Å²) in [6.45, 7) is 14.8. The van der Waals surface area contributed by atoms with E-state index in [-0.39, 0.29) is 6.67 Å². The SMILES string of the molecule is CC(C)=CCC/C(C)=C/CC/C(C)=C/CC/C=C(\C)CC/C=C(\C)CC/C=C(/C)CF. The van der Waals surface area contributed by atoms with Gasteiger partial charge in [-0.2, -0.15) is 0 Å². The smallest absolute Gasteiger partial charge is 0.110 e. The minimum absolute atomic E-state index is 0.324. The predicted octanol–water partition coefficient (Wildman–Crippen LogP) is 10.6. The zero-order valence-electron chi connectivity index (χ0n) is 21.6. The third-order valence-corrected chi connectivity index (χ3v) is 5.55. The van der Waals surface area contributed by atoms with E-state index in [9.17, 15) is 4.39 Å². The molecule has 0 radical (unpaired) electrons. The fourth-order valence-electron chi connectivity index (χ4n) is 3.35. The highest BCUT2D eigenvalue weighted by Crippen LogP contribution is 2.14. The molecular formula is C30H49F. The lowest BCUT2D eigenvalue weighted by Gasteiger charge is -2.03. The van der Waals surface area contributed by atoms with Gasteiger partial charge >= 0.3 is 0 Å². The van der Waals surface area contributed by atoms with Crippen LogP contribution in [0.2, 0.25) is 0 Å². The molecule has 0 saturated carbocycles. The molecule has 0 aliphatic carbocycles. The Kier molecular flexibility index (Phi) is 18.1. The Hall–Kier alpha value is -1.63. The zero-order chi connectivity index (χ0) is 23.5. The van der Waals surface area contributed by atoms with Gasteiger partial charge in [-0.15, -0.1) is 0 Å². The molecule has 0 bridgehead atoms. The van der Waals surface area contributed by atoms with Gasteiger partial charge in [-0.1, -0.05) is 64.3 Å². The molecule has 176 valence electrons. The van der Waals surface area contributed by atoms with Crippen LogP contribution in [0.15, 0.2) is 69.9 Å². The van der Waals surface area contributed by atoms with Crippen LogP contribution in [0.25, 0.3) is 0 Å². The van der Waals surface area contributed by atoms with Gasteiger partial charge in [0, 0.05) is 0 Å². The van der Waals surface area contributed by atoms with Gasteiger partial charge in [-0.3, -0.25) is 0 Å². The number of alkyl halides is 1. The van der Waals surface area contributed by atoms with Crippen LogP contribution in [0.5, 0.6) is 0 Å². The molecule has 0 spiro atoms. The molecule has 0 rings (SSSR count). The van der Waals surface area contributed by atoms with E-state index in [1.165, 1.54) is 40.7 Å². The number of halogens is 1. The second-order valence-electron chi connectivity index (χ2n) is 9.40. The Labute approximate surface area is 193 Å². The van der Waals surface area contributed by atoms with Crippen molar-refractivity contribution in [1.29, 1.82) is 0 Å². The number of allylic oxidation sites excluding steroid dienone is 12. The summed E-state index contributed by atoms with van der Waals surface area (Å²) in [7, 11) is 0. The highest BCUT2D eigenvalue weighted by atomic mass is 19.1. The first-order valence-corrected chi connectivity index (χ1v) is 12.2. The van der Waals surface area contributed by atoms with Crippen LogP contribution in [0.4, 0.5) is 4.39 Å². The number of unbranched alkanes of at least 4 members (excludes halogenated alkanes) is 1. The topological polar surface area (TPSA) is 0 Å². The molecule has 1 heteroatoms. The Morgan fingerprint density at radius 1 is 0.419 bits per heavy atom. The molecular weight excluding hydrogens is 379 g/mol. The van der Waals surface area contributed by atoms with Crippen molar-refractivity contribution < 1.29 is 4.39 Å². The van der Waals surface area contributed by atoms with Crippen LogP contribution in [0, 0.1) is 0 Å². The Morgan fingerprint density at radius 2 is 0.710 bits per heavy atom. The van der Waals surface area contributed by atoms with Crippen molar-refractivity contribution in [2.24, 2.45) is 0 Å². The lowest BCUT2D eigenvalue weighted by atomic mass is 10.0. The molecule has 0 nitrogen and oxygen atoms in total. The van der Waals surface area contributed by atoms with Crippen molar-refractivity contribution in [3.8, 4) is 0 Å². The first kappa shape index (κ1) is 29.4. The first-order valence-electron chi connectivity index (χ1n) is 12.2. The molecule has 0 fully saturated rings. The van der Waals surface area contributed by atoms with E-state index >= 15 is 0 Å². The normalized spacial score (nSPS) is 14.3. The fourth-order valence-corrected chi connectivity index (χ4v) is 3.35. The molecule has 0 heterocycles. The lowest BCUT2D eigenvalue weighted by molar-refractivity contribution is 0.541. The molecule has 0 atom stereocenters. The van der Waals surface area contributed by atoms with E-state index in [1.807, 2.05) is 13.0 Å². The van der Waals surface area contributed by atoms with E-state index in [4.69, 9.17) is 0 Å². The van der Waals surface area contributed by atoms with Crippen LogP contribution in [0.3, 0.4) is 0 Å². The summed E-state index contributed by atoms with van der Waals surface area (Å²) in [4.78, 5) is 0. The molecule has 0 saturated heterocycles. The van der Waals surface area contributed by atoms with Gasteiger partial charge in [-0.05, 0) is 118 Å². The van der Waals surface area contributed by atoms with Gasteiger partial charge in [0.2, 0.25) is 0 Å². The van der Waals surface area contributed by atoms with Crippen molar-refractivity contribution in [1.82, 2.24) is 0 Å². The molecule has 0 aromatic carbocycles. The second-order valence-corrected chi connectivity index (χ2v) is 9.40. The van der Waals surface area contributed by atoms with E-state index in [0.717, 1.165) is 56.9 Å². The van der Waals surface area contributed by atoms with Crippen molar-refractivity contribution in [2.45, 2.75) is 113 Å². The molecule has 0 unspecified atom stereocenters. The van der Waals surface area contributed by atoms with E-state index in [2.05, 4.69) is 71.9 Å². The molecule has 0 aliphatic heterocycles. The molecule has 0 amide bonds. The maximum absolute atomic E-state index is 12.4. The molecule has 0 aromatic rings. The van der Waals surface area contributed by atoms with E-state index in [1.54, 1.807) is 0 Å². The average molecular weight is 429 g/mol. The van der Waals surface area contributed by atoms with Crippen LogP contribution >= 0.6 is 0 Å². The third kappa shape index (κ3) is 20.0. The van der Waals surface area contributed by atoms with Gasteiger partial charge in [-0.25, -0.2) is 4.39 Å². The van der Waals surface area contributed by atoms with Crippen LogP contribution in [0.1, 0.15) is 113 Å². The predicted molar refractivity (Wildman–Crippen MR) is 140 cm³/mol. The van der Waals surface area contributed by atoms with E-state index < -0.39 is 0 Å². The molecule has 0 aliphatic rings. The minimum atomic E-state index is -0.324.